The molecule has 2 aromatic carbocycles. The Balaban J connectivity index is 1.64. The van der Waals surface area contributed by atoms with Crippen molar-refractivity contribution in [3.05, 3.63) is 71.8 Å². The van der Waals surface area contributed by atoms with E-state index in [2.05, 4.69) is 10.1 Å². The van der Waals surface area contributed by atoms with E-state index in [0.717, 1.165) is 7.11 Å². The van der Waals surface area contributed by atoms with Crippen molar-refractivity contribution in [1.29, 1.82) is 0 Å². The van der Waals surface area contributed by atoms with Crippen molar-refractivity contribution in [2.24, 2.45) is 0 Å². The van der Waals surface area contributed by atoms with Crippen LogP contribution in [-0.2, 0) is 33.4 Å². The number of imide groups is 1. The van der Waals surface area contributed by atoms with Crippen LogP contribution in [0.3, 0.4) is 0 Å². The molecule has 2 fully saturated rings. The molecule has 34 heavy (non-hydrogen) atoms. The Bertz CT molecular complexity index is 1090. The van der Waals surface area contributed by atoms with E-state index in [9.17, 15) is 28.8 Å². The molecule has 2 aromatic rings. The summed E-state index contributed by atoms with van der Waals surface area (Å²) in [5.74, 6) is -5.77. The molecule has 2 aliphatic rings. The number of β-lactam (4-membered cyclic amide) rings is 1. The lowest BCUT2D eigenvalue weighted by molar-refractivity contribution is -0.163. The van der Waals surface area contributed by atoms with Crippen LogP contribution in [0.15, 0.2) is 60.7 Å². The van der Waals surface area contributed by atoms with Crippen LogP contribution in [0.2, 0.25) is 0 Å². The highest BCUT2D eigenvalue weighted by molar-refractivity contribution is 6.15. The maximum atomic E-state index is 13.2. The van der Waals surface area contributed by atoms with E-state index in [1.54, 1.807) is 36.4 Å². The Labute approximate surface area is 192 Å². The molecule has 174 valence electrons. The Morgan fingerprint density at radius 2 is 1.21 bits per heavy atom. The lowest BCUT2D eigenvalue weighted by atomic mass is 9.97. The first-order valence-corrected chi connectivity index (χ1v) is 10.1. The minimum absolute atomic E-state index is 0.0863. The third-order valence-corrected chi connectivity index (χ3v) is 5.34. The first kappa shape index (κ1) is 22.6. The normalized spacial score (nSPS) is 23.6. The number of rotatable bonds is 6. The Morgan fingerprint density at radius 1 is 0.765 bits per heavy atom. The quantitative estimate of drug-likeness (QED) is 0.266. The van der Waals surface area contributed by atoms with E-state index in [1.165, 1.54) is 24.3 Å². The second kappa shape index (κ2) is 9.14. The number of methoxy groups -OCH3 is 1. The van der Waals surface area contributed by atoms with Gasteiger partial charge in [-0.1, -0.05) is 36.4 Å². The van der Waals surface area contributed by atoms with Crippen molar-refractivity contribution in [1.82, 2.24) is 10.2 Å². The van der Waals surface area contributed by atoms with E-state index in [4.69, 9.17) is 9.47 Å². The van der Waals surface area contributed by atoms with E-state index < -0.39 is 59.9 Å². The lowest BCUT2D eigenvalue weighted by Gasteiger charge is -2.38. The Morgan fingerprint density at radius 3 is 1.59 bits per heavy atom. The number of carbonyl (C=O) groups excluding carboxylic acids is 6. The fraction of sp³-hybridized carbons (Fsp3) is 0.217. The number of esters is 3. The first-order chi connectivity index (χ1) is 16.3. The third kappa shape index (κ3) is 3.98. The first-order valence-electron chi connectivity index (χ1n) is 10.1. The van der Waals surface area contributed by atoms with Crippen LogP contribution in [0.1, 0.15) is 20.7 Å². The molecule has 11 heteroatoms. The zero-order valence-electron chi connectivity index (χ0n) is 17.7. The Hall–Kier alpha value is -4.54. The number of ether oxygens (including phenoxy) is 3. The van der Waals surface area contributed by atoms with Gasteiger partial charge >= 0.3 is 17.9 Å². The minimum Gasteiger partial charge on any atom is -0.467 e. The molecule has 0 spiro atoms. The lowest BCUT2D eigenvalue weighted by Crippen LogP contribution is -2.73. The summed E-state index contributed by atoms with van der Waals surface area (Å²) in [6, 6.07) is 12.5. The average Bonchev–Trinajstić information content (AvgIpc) is 3.07. The van der Waals surface area contributed by atoms with Crippen molar-refractivity contribution in [2.45, 2.75) is 24.3 Å². The van der Waals surface area contributed by atoms with Gasteiger partial charge in [0.05, 0.1) is 18.2 Å². The molecule has 0 saturated carbocycles. The number of amides is 3. The van der Waals surface area contributed by atoms with Crippen molar-refractivity contribution < 1.29 is 43.0 Å². The van der Waals surface area contributed by atoms with Crippen LogP contribution in [0.5, 0.6) is 0 Å². The van der Waals surface area contributed by atoms with Crippen LogP contribution in [0.4, 0.5) is 0 Å². The van der Waals surface area contributed by atoms with Gasteiger partial charge in [0.25, 0.3) is 11.8 Å². The van der Waals surface area contributed by atoms with Crippen LogP contribution in [0.25, 0.3) is 0 Å². The maximum absolute atomic E-state index is 13.2. The van der Waals surface area contributed by atoms with E-state index >= 15 is 0 Å². The molecule has 2 heterocycles. The van der Waals surface area contributed by atoms with Gasteiger partial charge in [0, 0.05) is 0 Å². The van der Waals surface area contributed by atoms with Gasteiger partial charge < -0.3 is 19.5 Å². The Kier molecular flexibility index (Phi) is 6.09. The van der Waals surface area contributed by atoms with Gasteiger partial charge in [-0.15, -0.1) is 0 Å². The number of hydrogen-bond acceptors (Lipinski definition) is 9. The maximum Gasteiger partial charge on any atom is 0.339 e. The monoisotopic (exact) mass is 466 g/mol. The molecule has 4 atom stereocenters. The molecular weight excluding hydrogens is 448 g/mol. The highest BCUT2D eigenvalue weighted by Gasteiger charge is 2.61. The summed E-state index contributed by atoms with van der Waals surface area (Å²) >= 11 is 0. The molecule has 1 N–H and O–H groups in total. The highest BCUT2D eigenvalue weighted by Crippen LogP contribution is 2.28. The molecule has 2 aliphatic heterocycles. The molecule has 2 saturated heterocycles. The van der Waals surface area contributed by atoms with Crippen molar-refractivity contribution in [3.63, 3.8) is 0 Å². The fourth-order valence-corrected chi connectivity index (χ4v) is 3.61. The van der Waals surface area contributed by atoms with Gasteiger partial charge in [0.15, 0.2) is 6.04 Å². The predicted molar refractivity (Wildman–Crippen MR) is 111 cm³/mol. The average molecular weight is 466 g/mol. The number of nitrogens with one attached hydrogen (secondary N) is 1. The summed E-state index contributed by atoms with van der Waals surface area (Å²) in [5.41, 5.74) is 0.173. The molecule has 4 rings (SSSR count). The largest absolute Gasteiger partial charge is 0.467 e. The number of nitrogens with zero attached hydrogens (tertiary/aromatic N) is 1. The van der Waals surface area contributed by atoms with Gasteiger partial charge in [-0.05, 0) is 24.3 Å². The van der Waals surface area contributed by atoms with Crippen molar-refractivity contribution in [2.75, 3.05) is 7.11 Å². The highest BCUT2D eigenvalue weighted by atomic mass is 16.6. The standard InChI is InChI=1S/C23H18N2O9/c1-32-23(31)14-15(18(26)24-14)25-19(27)16(33-21(29)12-8-4-2-5-9-12)17(20(25)28)34-22(30)13-10-6-3-7-11-13/h2-11,14-17H,1H3,(H,24,26). The summed E-state index contributed by atoms with van der Waals surface area (Å²) in [7, 11) is 1.08. The van der Waals surface area contributed by atoms with Gasteiger partial charge in [-0.25, -0.2) is 14.4 Å². The molecule has 11 nitrogen and oxygen atoms in total. The van der Waals surface area contributed by atoms with Crippen LogP contribution in [0, 0.1) is 0 Å². The van der Waals surface area contributed by atoms with Gasteiger partial charge in [-0.2, -0.15) is 0 Å². The summed E-state index contributed by atoms with van der Waals surface area (Å²) in [6.45, 7) is 0. The van der Waals surface area contributed by atoms with Gasteiger partial charge in [0.1, 0.15) is 6.04 Å². The number of benzene rings is 2. The van der Waals surface area contributed by atoms with E-state index in [0.29, 0.717) is 4.90 Å². The molecule has 0 bridgehead atoms. The predicted octanol–water partition coefficient (Wildman–Crippen LogP) is -0.154. The molecule has 0 aliphatic carbocycles. The van der Waals surface area contributed by atoms with Crippen LogP contribution in [-0.4, -0.2) is 71.9 Å². The van der Waals surface area contributed by atoms with Crippen molar-refractivity contribution >= 4 is 35.6 Å². The summed E-state index contributed by atoms with van der Waals surface area (Å²) < 4.78 is 15.1. The molecular formula is C23H18N2O9. The number of hydrogen-bond donors (Lipinski definition) is 1. The molecule has 0 radical (unpaired) electrons. The van der Waals surface area contributed by atoms with Crippen LogP contribution >= 0.6 is 0 Å². The second-order valence-corrected chi connectivity index (χ2v) is 7.38. The molecule has 0 aromatic heterocycles. The molecule has 3 amide bonds. The van der Waals surface area contributed by atoms with E-state index in [1.807, 2.05) is 0 Å². The summed E-state index contributed by atoms with van der Waals surface area (Å²) in [4.78, 5) is 76.1. The zero-order chi connectivity index (χ0) is 24.4. The smallest absolute Gasteiger partial charge is 0.339 e. The van der Waals surface area contributed by atoms with Crippen LogP contribution < -0.4 is 5.32 Å². The van der Waals surface area contributed by atoms with Gasteiger partial charge in [-0.3, -0.25) is 19.3 Å². The molecule has 4 unspecified atom stereocenters. The topological polar surface area (TPSA) is 145 Å². The third-order valence-electron chi connectivity index (χ3n) is 5.34. The second-order valence-electron chi connectivity index (χ2n) is 7.38. The number of carbonyl (C=O) groups is 6. The summed E-state index contributed by atoms with van der Waals surface area (Å²) in [5, 5.41) is 2.25. The SMILES string of the molecule is COC(=O)C1NC(=O)C1N1C(=O)C(OC(=O)c2ccccc2)C(OC(=O)c2ccccc2)C1=O. The van der Waals surface area contributed by atoms with Gasteiger partial charge in [0.2, 0.25) is 18.1 Å². The van der Waals surface area contributed by atoms with Crippen molar-refractivity contribution in [3.8, 4) is 0 Å². The number of likely N-dealkylation sites (tertiary alicyclic amines) is 1. The zero-order valence-corrected chi connectivity index (χ0v) is 17.7. The summed E-state index contributed by atoms with van der Waals surface area (Å²) in [6.07, 6.45) is -3.72. The minimum atomic E-state index is -1.86. The van der Waals surface area contributed by atoms with E-state index in [-0.39, 0.29) is 11.1 Å². The fourth-order valence-electron chi connectivity index (χ4n) is 3.61.